The van der Waals surface area contributed by atoms with Crippen LogP contribution in [0.15, 0.2) is 67.0 Å². The number of benzene rings is 2. The minimum Gasteiger partial charge on any atom is -0.240 e. The normalized spacial score (nSPS) is 10.5. The molecule has 0 saturated heterocycles. The summed E-state index contributed by atoms with van der Waals surface area (Å²) in [6, 6.07) is 18.8. The van der Waals surface area contributed by atoms with E-state index in [0.717, 1.165) is 5.69 Å². The molecule has 0 radical (unpaired) electrons. The third kappa shape index (κ3) is 1.93. The van der Waals surface area contributed by atoms with Gasteiger partial charge in [0.15, 0.2) is 0 Å². The molecule has 2 heteroatoms. The Bertz CT molecular complexity index is 640. The molecule has 0 aliphatic rings. The molecule has 0 atom stereocenters. The number of rotatable bonds is 2. The first-order valence-electron chi connectivity index (χ1n) is 6.01. The van der Waals surface area contributed by atoms with E-state index in [1.165, 1.54) is 16.7 Å². The van der Waals surface area contributed by atoms with Crippen LogP contribution in [0.3, 0.4) is 0 Å². The highest BCUT2D eigenvalue weighted by atomic mass is 15.3. The van der Waals surface area contributed by atoms with Crippen molar-refractivity contribution in [2.24, 2.45) is 0 Å². The van der Waals surface area contributed by atoms with Crippen molar-refractivity contribution in [2.75, 3.05) is 0 Å². The van der Waals surface area contributed by atoms with Crippen LogP contribution in [0, 0.1) is 6.92 Å². The van der Waals surface area contributed by atoms with Gasteiger partial charge in [-0.3, -0.25) is 0 Å². The van der Waals surface area contributed by atoms with Gasteiger partial charge in [-0.15, -0.1) is 0 Å². The van der Waals surface area contributed by atoms with Crippen LogP contribution in [-0.4, -0.2) is 9.78 Å². The lowest BCUT2D eigenvalue weighted by Gasteiger charge is -2.11. The lowest BCUT2D eigenvalue weighted by molar-refractivity contribution is 0.881. The van der Waals surface area contributed by atoms with Crippen LogP contribution in [-0.2, 0) is 0 Å². The van der Waals surface area contributed by atoms with Gasteiger partial charge in [-0.05, 0) is 30.2 Å². The van der Waals surface area contributed by atoms with E-state index in [-0.39, 0.29) is 0 Å². The van der Waals surface area contributed by atoms with Crippen molar-refractivity contribution in [1.29, 1.82) is 0 Å². The molecule has 1 aromatic heterocycles. The number of hydrogen-bond acceptors (Lipinski definition) is 1. The molecule has 1 heterocycles. The van der Waals surface area contributed by atoms with E-state index in [9.17, 15) is 0 Å². The lowest BCUT2D eigenvalue weighted by Crippen LogP contribution is -1.98. The van der Waals surface area contributed by atoms with Gasteiger partial charge in [0.1, 0.15) is 0 Å². The molecule has 18 heavy (non-hydrogen) atoms. The van der Waals surface area contributed by atoms with Gasteiger partial charge < -0.3 is 0 Å². The summed E-state index contributed by atoms with van der Waals surface area (Å²) in [4.78, 5) is 0. The number of aryl methyl sites for hydroxylation is 1. The van der Waals surface area contributed by atoms with Crippen molar-refractivity contribution < 1.29 is 0 Å². The fourth-order valence-corrected chi connectivity index (χ4v) is 2.10. The second-order valence-electron chi connectivity index (χ2n) is 4.34. The van der Waals surface area contributed by atoms with Gasteiger partial charge in [0, 0.05) is 18.0 Å². The number of hydrogen-bond donors (Lipinski definition) is 0. The van der Waals surface area contributed by atoms with Crippen LogP contribution in [0.4, 0.5) is 0 Å². The molecule has 3 aromatic rings. The summed E-state index contributed by atoms with van der Waals surface area (Å²) in [6.45, 7) is 2.10. The summed E-state index contributed by atoms with van der Waals surface area (Å²) < 4.78 is 1.91. The molecular weight excluding hydrogens is 220 g/mol. The summed E-state index contributed by atoms with van der Waals surface area (Å²) in [5, 5.41) is 4.33. The van der Waals surface area contributed by atoms with Crippen molar-refractivity contribution in [1.82, 2.24) is 9.78 Å². The average Bonchev–Trinajstić information content (AvgIpc) is 2.93. The molecule has 0 bridgehead atoms. The second-order valence-corrected chi connectivity index (χ2v) is 4.34. The summed E-state index contributed by atoms with van der Waals surface area (Å²) in [6.07, 6.45) is 3.78. The van der Waals surface area contributed by atoms with Crippen molar-refractivity contribution in [3.63, 3.8) is 0 Å². The first-order valence-corrected chi connectivity index (χ1v) is 6.01. The van der Waals surface area contributed by atoms with E-state index < -0.39 is 0 Å². The van der Waals surface area contributed by atoms with Crippen LogP contribution in [0.1, 0.15) is 5.56 Å². The van der Waals surface area contributed by atoms with Crippen LogP contribution in [0.25, 0.3) is 16.8 Å². The zero-order valence-electron chi connectivity index (χ0n) is 10.2. The first kappa shape index (κ1) is 10.8. The van der Waals surface area contributed by atoms with E-state index in [2.05, 4.69) is 54.5 Å². The smallest absolute Gasteiger partial charge is 0.0726 e. The maximum absolute atomic E-state index is 4.33. The number of aromatic nitrogens is 2. The van der Waals surface area contributed by atoms with Crippen LogP contribution >= 0.6 is 0 Å². The zero-order chi connectivity index (χ0) is 12.4. The highest BCUT2D eigenvalue weighted by Gasteiger charge is 2.07. The fraction of sp³-hybridized carbons (Fsp3) is 0.0625. The molecule has 0 unspecified atom stereocenters. The van der Waals surface area contributed by atoms with E-state index in [4.69, 9.17) is 0 Å². The van der Waals surface area contributed by atoms with Gasteiger partial charge in [0.2, 0.25) is 0 Å². The van der Waals surface area contributed by atoms with E-state index in [1.807, 2.05) is 23.0 Å². The molecule has 3 rings (SSSR count). The Labute approximate surface area is 107 Å². The standard InChI is InChI=1S/C16H14N2/c1-13-8-9-15(14-6-3-2-4-7-14)16(12-13)18-11-5-10-17-18/h2-12H,1H3. The Kier molecular flexibility index (Phi) is 2.69. The van der Waals surface area contributed by atoms with Crippen molar-refractivity contribution >= 4 is 0 Å². The Hall–Kier alpha value is -2.35. The lowest BCUT2D eigenvalue weighted by atomic mass is 10.0. The molecule has 0 spiro atoms. The van der Waals surface area contributed by atoms with Gasteiger partial charge in [-0.2, -0.15) is 5.10 Å². The van der Waals surface area contributed by atoms with Gasteiger partial charge in [0.25, 0.3) is 0 Å². The summed E-state index contributed by atoms with van der Waals surface area (Å²) in [5.41, 5.74) is 4.76. The van der Waals surface area contributed by atoms with Crippen LogP contribution < -0.4 is 0 Å². The summed E-state index contributed by atoms with van der Waals surface area (Å²) in [7, 11) is 0. The highest BCUT2D eigenvalue weighted by Crippen LogP contribution is 2.27. The average molecular weight is 234 g/mol. The van der Waals surface area contributed by atoms with Crippen LogP contribution in [0.5, 0.6) is 0 Å². The Morgan fingerprint density at radius 1 is 0.944 bits per heavy atom. The molecule has 0 saturated carbocycles. The predicted octanol–water partition coefficient (Wildman–Crippen LogP) is 3.85. The second kappa shape index (κ2) is 4.49. The summed E-state index contributed by atoms with van der Waals surface area (Å²) >= 11 is 0. The monoisotopic (exact) mass is 234 g/mol. The Morgan fingerprint density at radius 2 is 1.78 bits per heavy atom. The predicted molar refractivity (Wildman–Crippen MR) is 73.7 cm³/mol. The zero-order valence-corrected chi connectivity index (χ0v) is 10.2. The molecule has 0 N–H and O–H groups in total. The summed E-state index contributed by atoms with van der Waals surface area (Å²) in [5.74, 6) is 0. The molecule has 2 nitrogen and oxygen atoms in total. The third-order valence-corrected chi connectivity index (χ3v) is 2.99. The SMILES string of the molecule is Cc1ccc(-c2ccccc2)c(-n2cccn2)c1. The van der Waals surface area contributed by atoms with Crippen molar-refractivity contribution in [2.45, 2.75) is 6.92 Å². The molecule has 2 aromatic carbocycles. The van der Waals surface area contributed by atoms with Gasteiger partial charge >= 0.3 is 0 Å². The minimum absolute atomic E-state index is 1.12. The van der Waals surface area contributed by atoms with Gasteiger partial charge in [-0.1, -0.05) is 42.5 Å². The number of nitrogens with zero attached hydrogens (tertiary/aromatic N) is 2. The molecule has 0 amide bonds. The molecular formula is C16H14N2. The highest BCUT2D eigenvalue weighted by molar-refractivity contribution is 5.73. The molecule has 0 aliphatic heterocycles. The fourth-order valence-electron chi connectivity index (χ4n) is 2.10. The molecule has 0 fully saturated rings. The topological polar surface area (TPSA) is 17.8 Å². The first-order chi connectivity index (χ1) is 8.84. The van der Waals surface area contributed by atoms with Crippen molar-refractivity contribution in [3.05, 3.63) is 72.6 Å². The van der Waals surface area contributed by atoms with Gasteiger partial charge in [0.05, 0.1) is 5.69 Å². The third-order valence-electron chi connectivity index (χ3n) is 2.99. The Balaban J connectivity index is 2.21. The Morgan fingerprint density at radius 3 is 2.50 bits per heavy atom. The van der Waals surface area contributed by atoms with Gasteiger partial charge in [-0.25, -0.2) is 4.68 Å². The quantitative estimate of drug-likeness (QED) is 0.658. The minimum atomic E-state index is 1.12. The maximum atomic E-state index is 4.33. The maximum Gasteiger partial charge on any atom is 0.0726 e. The molecule has 88 valence electrons. The largest absolute Gasteiger partial charge is 0.240 e. The van der Waals surface area contributed by atoms with E-state index >= 15 is 0 Å². The van der Waals surface area contributed by atoms with E-state index in [0.29, 0.717) is 0 Å². The van der Waals surface area contributed by atoms with Crippen molar-refractivity contribution in [3.8, 4) is 16.8 Å². The molecule has 0 aliphatic carbocycles. The van der Waals surface area contributed by atoms with Crippen LogP contribution in [0.2, 0.25) is 0 Å². The van der Waals surface area contributed by atoms with E-state index in [1.54, 1.807) is 6.20 Å².